The number of carbonyl (C=O) groups excluding carboxylic acids is 8. The molecule has 2 fully saturated rings. The van der Waals surface area contributed by atoms with Crippen molar-refractivity contribution >= 4 is 47.4 Å². The molecule has 3 rings (SSSR count). The van der Waals surface area contributed by atoms with E-state index in [0.29, 0.717) is 69.9 Å². The number of allylic oxidation sites excluding steroid dienone is 2. The number of hydrogen-bond donors (Lipinski definition) is 1. The van der Waals surface area contributed by atoms with Crippen molar-refractivity contribution in [2.45, 2.75) is 195 Å². The predicted molar refractivity (Wildman–Crippen MR) is 284 cm³/mol. The van der Waals surface area contributed by atoms with E-state index in [1.807, 2.05) is 47.6 Å². The molecule has 75 heavy (non-hydrogen) atoms. The summed E-state index contributed by atoms with van der Waals surface area (Å²) in [6, 6.07) is -6.08. The first-order valence-electron chi connectivity index (χ1n) is 27.4. The zero-order valence-corrected chi connectivity index (χ0v) is 48.5. The molecule has 0 aliphatic carbocycles. The molecule has 19 heteroatoms. The number of hydrogen-bond acceptors (Lipinski definition) is 13. The molecule has 19 nitrogen and oxygen atoms in total. The normalized spacial score (nSPS) is 30.7. The van der Waals surface area contributed by atoms with Gasteiger partial charge in [0.15, 0.2) is 0 Å². The minimum absolute atomic E-state index is 0.165. The second-order valence-corrected chi connectivity index (χ2v) is 22.1. The summed E-state index contributed by atoms with van der Waals surface area (Å²) in [5.74, 6) is -5.91. The Balaban J connectivity index is 2.11. The fourth-order valence-electron chi connectivity index (χ4n) is 10.6. The van der Waals surface area contributed by atoms with E-state index in [-0.39, 0.29) is 43.1 Å². The van der Waals surface area contributed by atoms with E-state index in [9.17, 15) is 43.5 Å². The standard InChI is InChI=1S/C56H94N6O13/c1-18-35(7)49-53(68)60(15)47(33(3)4)52(67)57(12)43(32-72-16)51(66)61-29-21-24-41(61)50(65)59(14)48(34(5)6)54(69)62-30-22-25-42(62)56(71)75-40(19-2)23-20-26-44(63)38(10)55(70)74-39(11)36(8)27-28-37(9)45(73-17)31-46(64)58(49)13/h28,31,33-36,38-44,47-49,63H,18-27,29-30,32H2,1-17H3/t35-,36-,38+,39+,40+,41-,42-,43-,44+,47-,48-,49-/m0/s1. The van der Waals surface area contributed by atoms with Gasteiger partial charge in [-0.2, -0.15) is 0 Å². The molecule has 0 aromatic rings. The van der Waals surface area contributed by atoms with E-state index in [2.05, 4.69) is 0 Å². The maximum absolute atomic E-state index is 14.8. The predicted octanol–water partition coefficient (Wildman–Crippen LogP) is 5.22. The highest BCUT2D eigenvalue weighted by molar-refractivity contribution is 5.98. The van der Waals surface area contributed by atoms with Gasteiger partial charge in [-0.25, -0.2) is 4.79 Å². The molecule has 6 amide bonds. The number of esters is 2. The van der Waals surface area contributed by atoms with E-state index in [4.69, 9.17) is 18.9 Å². The summed E-state index contributed by atoms with van der Waals surface area (Å²) in [6.07, 6.45) is 5.49. The monoisotopic (exact) mass is 1060 g/mol. The van der Waals surface area contributed by atoms with Crippen molar-refractivity contribution in [1.29, 1.82) is 0 Å². The Morgan fingerprint density at radius 1 is 0.653 bits per heavy atom. The lowest BCUT2D eigenvalue weighted by atomic mass is 9.93. The number of ether oxygens (including phenoxy) is 4. The summed E-state index contributed by atoms with van der Waals surface area (Å²) in [7, 11) is 8.94. The van der Waals surface area contributed by atoms with Gasteiger partial charge in [0.1, 0.15) is 54.2 Å². The number of fused-ring (bicyclic) bond motifs is 2. The van der Waals surface area contributed by atoms with Crippen LogP contribution in [-0.4, -0.2) is 199 Å². The average Bonchev–Trinajstić information content (AvgIpc) is 4.08. The highest BCUT2D eigenvalue weighted by Gasteiger charge is 2.47. The third-order valence-corrected chi connectivity index (χ3v) is 16.0. The molecule has 1 N–H and O–H groups in total. The molecule has 0 spiro atoms. The lowest BCUT2D eigenvalue weighted by molar-refractivity contribution is -0.162. The highest BCUT2D eigenvalue weighted by atomic mass is 16.5. The van der Waals surface area contributed by atoms with Crippen LogP contribution in [0.3, 0.4) is 0 Å². The lowest BCUT2D eigenvalue weighted by Gasteiger charge is -2.41. The fourth-order valence-corrected chi connectivity index (χ4v) is 10.6. The maximum Gasteiger partial charge on any atom is 0.329 e. The van der Waals surface area contributed by atoms with Crippen molar-refractivity contribution in [3.63, 3.8) is 0 Å². The van der Waals surface area contributed by atoms with Crippen LogP contribution in [-0.2, 0) is 57.3 Å². The van der Waals surface area contributed by atoms with Gasteiger partial charge in [0.25, 0.3) is 5.91 Å². The van der Waals surface area contributed by atoms with Crippen LogP contribution >= 0.6 is 0 Å². The lowest BCUT2D eigenvalue weighted by Crippen LogP contribution is -2.62. The number of aliphatic hydroxyl groups excluding tert-OH is 1. The Hall–Kier alpha value is -5.04. The number of methoxy groups -OCH3 is 2. The largest absolute Gasteiger partial charge is 0.496 e. The van der Waals surface area contributed by atoms with Crippen LogP contribution < -0.4 is 0 Å². The van der Waals surface area contributed by atoms with Crippen LogP contribution in [0, 0.1) is 29.6 Å². The third kappa shape index (κ3) is 16.0. The molecule has 3 aliphatic heterocycles. The third-order valence-electron chi connectivity index (χ3n) is 16.0. The van der Waals surface area contributed by atoms with Gasteiger partial charge in [0.05, 0.1) is 25.7 Å². The Morgan fingerprint density at radius 2 is 1.20 bits per heavy atom. The van der Waals surface area contributed by atoms with Crippen molar-refractivity contribution in [3.05, 3.63) is 23.5 Å². The van der Waals surface area contributed by atoms with Gasteiger partial charge < -0.3 is 53.5 Å². The molecule has 12 atom stereocenters. The Labute approximate surface area is 448 Å². The van der Waals surface area contributed by atoms with E-state index >= 15 is 0 Å². The molecule has 0 saturated carbocycles. The fraction of sp³-hybridized carbons (Fsp3) is 0.786. The number of nitrogens with zero attached hydrogens (tertiary/aromatic N) is 6. The van der Waals surface area contributed by atoms with E-state index in [0.717, 1.165) is 0 Å². The average molecular weight is 1060 g/mol. The molecule has 0 bridgehead atoms. The van der Waals surface area contributed by atoms with Crippen LogP contribution in [0.4, 0.5) is 0 Å². The molecule has 0 aromatic heterocycles. The summed E-state index contributed by atoms with van der Waals surface area (Å²) >= 11 is 0. The summed E-state index contributed by atoms with van der Waals surface area (Å²) in [5, 5.41) is 11.1. The van der Waals surface area contributed by atoms with Gasteiger partial charge in [-0.05, 0) is 108 Å². The van der Waals surface area contributed by atoms with Crippen LogP contribution in [0.25, 0.3) is 0 Å². The molecular weight excluding hydrogens is 965 g/mol. The first-order chi connectivity index (χ1) is 35.2. The number of aliphatic hydroxyl groups is 1. The summed E-state index contributed by atoms with van der Waals surface area (Å²) in [5.41, 5.74) is 0.639. The number of carbonyl (C=O) groups is 8. The molecule has 2 saturated heterocycles. The van der Waals surface area contributed by atoms with Crippen LogP contribution in [0.2, 0.25) is 0 Å². The van der Waals surface area contributed by atoms with Gasteiger partial charge in [-0.15, -0.1) is 0 Å². The van der Waals surface area contributed by atoms with E-state index < -0.39 is 114 Å². The summed E-state index contributed by atoms with van der Waals surface area (Å²) in [4.78, 5) is 123. The molecule has 0 unspecified atom stereocenters. The molecule has 426 valence electrons. The first-order valence-corrected chi connectivity index (χ1v) is 27.4. The number of rotatable bonds is 8. The van der Waals surface area contributed by atoms with Crippen molar-refractivity contribution in [3.8, 4) is 0 Å². The Bertz CT molecular complexity index is 2040. The van der Waals surface area contributed by atoms with Gasteiger partial charge in [-0.1, -0.05) is 67.9 Å². The second-order valence-electron chi connectivity index (χ2n) is 22.1. The van der Waals surface area contributed by atoms with Crippen molar-refractivity contribution in [1.82, 2.24) is 29.4 Å². The Kier molecular flexibility index (Phi) is 25.2. The SMILES string of the molecule is CC[C@@H]1CCC[C@@H](O)[C@@H](C)C(=O)O[C@H](C)[C@@H](C)CC=C(C)C(OC)=CC(=O)N(C)[C@@H]([C@@H](C)CC)C(=O)N(C)[C@@H](C(C)C)C(=O)N(C)[C@@H](COC)C(=O)N2CCC[C@H]2C(=O)N(C)[C@@H](C(C)C)C(=O)N2CCC[C@H]2C(=O)O1. The number of likely N-dealkylation sites (N-methyl/N-ethyl adjacent to an activating group) is 4. The quantitative estimate of drug-likeness (QED) is 0.310. The van der Waals surface area contributed by atoms with E-state index in [1.165, 1.54) is 70.8 Å². The molecule has 0 radical (unpaired) electrons. The van der Waals surface area contributed by atoms with E-state index in [1.54, 1.807) is 41.7 Å². The Morgan fingerprint density at radius 3 is 1.75 bits per heavy atom. The number of cyclic esters (lactones) is 2. The van der Waals surface area contributed by atoms with Crippen LogP contribution in [0.1, 0.15) is 140 Å². The zero-order chi connectivity index (χ0) is 56.8. The topological polar surface area (TPSA) is 213 Å². The smallest absolute Gasteiger partial charge is 0.329 e. The molecular formula is C56H94N6O13. The molecule has 3 aliphatic rings. The van der Waals surface area contributed by atoms with Crippen molar-refractivity contribution < 1.29 is 62.4 Å². The van der Waals surface area contributed by atoms with Gasteiger partial charge >= 0.3 is 11.9 Å². The molecule has 3 heterocycles. The first kappa shape index (κ1) is 64.2. The second kappa shape index (κ2) is 29.5. The minimum atomic E-state index is -1.19. The maximum atomic E-state index is 14.8. The van der Waals surface area contributed by atoms with Gasteiger partial charge in [0.2, 0.25) is 29.5 Å². The zero-order valence-electron chi connectivity index (χ0n) is 48.5. The van der Waals surface area contributed by atoms with Gasteiger partial charge in [0, 0.05) is 54.5 Å². The molecule has 0 aromatic carbocycles. The highest BCUT2D eigenvalue weighted by Crippen LogP contribution is 2.29. The van der Waals surface area contributed by atoms with Gasteiger partial charge in [-0.3, -0.25) is 33.6 Å². The van der Waals surface area contributed by atoms with Crippen molar-refractivity contribution in [2.24, 2.45) is 29.6 Å². The van der Waals surface area contributed by atoms with Crippen LogP contribution in [0.5, 0.6) is 0 Å². The minimum Gasteiger partial charge on any atom is -0.496 e. The van der Waals surface area contributed by atoms with Crippen LogP contribution in [0.15, 0.2) is 23.5 Å². The van der Waals surface area contributed by atoms with Crippen molar-refractivity contribution in [2.75, 3.05) is 62.1 Å². The summed E-state index contributed by atoms with van der Waals surface area (Å²) < 4.78 is 23.1. The number of amides is 6. The summed E-state index contributed by atoms with van der Waals surface area (Å²) in [6.45, 7) is 20.3.